The van der Waals surface area contributed by atoms with Crippen LogP contribution in [-0.2, 0) is 4.79 Å². The number of nitrogens with zero attached hydrogens (tertiary/aromatic N) is 1. The fourth-order valence-electron chi connectivity index (χ4n) is 4.92. The van der Waals surface area contributed by atoms with E-state index in [2.05, 4.69) is 40.5 Å². The number of likely N-dealkylation sites (tertiary alicyclic amines) is 1. The van der Waals surface area contributed by atoms with Gasteiger partial charge in [-0.1, -0.05) is 43.2 Å². The van der Waals surface area contributed by atoms with Crippen LogP contribution in [0.3, 0.4) is 0 Å². The van der Waals surface area contributed by atoms with Gasteiger partial charge >= 0.3 is 0 Å². The van der Waals surface area contributed by atoms with Crippen molar-refractivity contribution in [2.75, 3.05) is 13.1 Å². The third-order valence-corrected chi connectivity index (χ3v) is 6.66. The third-order valence-electron chi connectivity index (χ3n) is 6.66. The first-order valence-electron chi connectivity index (χ1n) is 10.0. The number of piperidine rings is 1. The summed E-state index contributed by atoms with van der Waals surface area (Å²) < 4.78 is 0. The smallest absolute Gasteiger partial charge is 0.224 e. The summed E-state index contributed by atoms with van der Waals surface area (Å²) in [7, 11) is 0. The number of nitrogens with two attached hydrogens (primary N) is 1. The Balaban J connectivity index is 1.42. The highest BCUT2D eigenvalue weighted by Gasteiger charge is 2.42. The molecule has 2 saturated carbocycles. The van der Waals surface area contributed by atoms with E-state index in [1.165, 1.54) is 24.8 Å². The zero-order valence-electron chi connectivity index (χ0n) is 15.1. The second kappa shape index (κ2) is 7.08. The molecule has 1 amide bonds. The lowest BCUT2D eigenvalue weighted by Crippen LogP contribution is -2.50. The molecule has 3 N–H and O–H groups in total. The van der Waals surface area contributed by atoms with E-state index in [4.69, 9.17) is 5.73 Å². The predicted molar refractivity (Wildman–Crippen MR) is 100 cm³/mol. The van der Waals surface area contributed by atoms with E-state index in [1.807, 2.05) is 0 Å². The molecule has 4 nitrogen and oxygen atoms in total. The van der Waals surface area contributed by atoms with Gasteiger partial charge in [0, 0.05) is 31.2 Å². The lowest BCUT2D eigenvalue weighted by Gasteiger charge is -2.41. The van der Waals surface area contributed by atoms with Crippen LogP contribution in [-0.4, -0.2) is 36.0 Å². The van der Waals surface area contributed by atoms with Crippen molar-refractivity contribution < 1.29 is 4.79 Å². The molecular weight excluding hydrogens is 310 g/mol. The first kappa shape index (κ1) is 17.0. The maximum absolute atomic E-state index is 12.0. The van der Waals surface area contributed by atoms with Gasteiger partial charge in [0.1, 0.15) is 0 Å². The fourth-order valence-corrected chi connectivity index (χ4v) is 4.92. The van der Waals surface area contributed by atoms with Crippen molar-refractivity contribution >= 4 is 5.91 Å². The lowest BCUT2D eigenvalue weighted by molar-refractivity contribution is -0.127. The van der Waals surface area contributed by atoms with E-state index in [-0.39, 0.29) is 11.3 Å². The summed E-state index contributed by atoms with van der Waals surface area (Å²) >= 11 is 0. The van der Waals surface area contributed by atoms with Gasteiger partial charge in [0.2, 0.25) is 5.91 Å². The van der Waals surface area contributed by atoms with Crippen LogP contribution < -0.4 is 11.1 Å². The summed E-state index contributed by atoms with van der Waals surface area (Å²) in [4.78, 5) is 14.7. The van der Waals surface area contributed by atoms with E-state index < -0.39 is 0 Å². The van der Waals surface area contributed by atoms with E-state index >= 15 is 0 Å². The molecule has 4 heteroatoms. The summed E-state index contributed by atoms with van der Waals surface area (Å²) in [6.07, 6.45) is 9.20. The Morgan fingerprint density at radius 1 is 1.16 bits per heavy atom. The largest absolute Gasteiger partial charge is 0.369 e. The number of amides is 1. The topological polar surface area (TPSA) is 58.4 Å². The van der Waals surface area contributed by atoms with Gasteiger partial charge in [0.15, 0.2) is 0 Å². The summed E-state index contributed by atoms with van der Waals surface area (Å²) in [5, 5.41) is 3.74. The molecule has 0 radical (unpaired) electrons. The number of benzene rings is 1. The average Bonchev–Trinajstić information content (AvgIpc) is 3.37. The number of rotatable bonds is 6. The molecule has 0 spiro atoms. The Morgan fingerprint density at radius 2 is 1.88 bits per heavy atom. The zero-order valence-corrected chi connectivity index (χ0v) is 15.1. The predicted octanol–water partition coefficient (Wildman–Crippen LogP) is 2.99. The highest BCUT2D eigenvalue weighted by molar-refractivity contribution is 5.81. The van der Waals surface area contributed by atoms with Crippen molar-refractivity contribution in [1.82, 2.24) is 10.2 Å². The first-order valence-corrected chi connectivity index (χ1v) is 10.0. The Hall–Kier alpha value is -1.39. The minimum absolute atomic E-state index is 0.104. The van der Waals surface area contributed by atoms with Crippen LogP contribution in [0.2, 0.25) is 0 Å². The molecule has 0 aromatic heterocycles. The number of carbonyl (C=O) groups excluding carboxylic acids is 1. The van der Waals surface area contributed by atoms with E-state index in [9.17, 15) is 4.79 Å². The van der Waals surface area contributed by atoms with Gasteiger partial charge < -0.3 is 11.1 Å². The lowest BCUT2D eigenvalue weighted by atomic mass is 9.84. The third kappa shape index (κ3) is 3.61. The first-order chi connectivity index (χ1) is 12.2. The van der Waals surface area contributed by atoms with E-state index in [0.717, 1.165) is 51.2 Å². The number of hydrogen-bond donors (Lipinski definition) is 2. The molecule has 4 rings (SSSR count). The molecule has 0 bridgehead atoms. The molecule has 2 unspecified atom stereocenters. The maximum Gasteiger partial charge on any atom is 0.224 e. The standard InChI is InChI=1S/C21H31N3O/c22-20(25)21(11-4-5-12-21)15-23-17-10-13-24(18-8-9-18)19(14-17)16-6-2-1-3-7-16/h1-3,6-7,17-19,23H,4-5,8-15H2,(H2,22,25). The molecule has 1 heterocycles. The Morgan fingerprint density at radius 3 is 2.52 bits per heavy atom. The zero-order chi connectivity index (χ0) is 17.3. The van der Waals surface area contributed by atoms with Gasteiger partial charge in [-0.15, -0.1) is 0 Å². The average molecular weight is 341 g/mol. The minimum atomic E-state index is -0.296. The van der Waals surface area contributed by atoms with Gasteiger partial charge in [-0.2, -0.15) is 0 Å². The Bertz CT molecular complexity index is 592. The van der Waals surface area contributed by atoms with Crippen molar-refractivity contribution in [1.29, 1.82) is 0 Å². The van der Waals surface area contributed by atoms with Gasteiger partial charge in [0.05, 0.1) is 5.41 Å². The number of carbonyl (C=O) groups is 1. The van der Waals surface area contributed by atoms with Crippen LogP contribution in [0, 0.1) is 5.41 Å². The number of primary amides is 1. The monoisotopic (exact) mass is 341 g/mol. The normalized spacial score (nSPS) is 29.6. The highest BCUT2D eigenvalue weighted by Crippen LogP contribution is 2.41. The molecule has 2 atom stereocenters. The van der Waals surface area contributed by atoms with Crippen LogP contribution in [0.4, 0.5) is 0 Å². The van der Waals surface area contributed by atoms with Crippen LogP contribution >= 0.6 is 0 Å². The van der Waals surface area contributed by atoms with Crippen molar-refractivity contribution in [3.05, 3.63) is 35.9 Å². The Kier molecular flexibility index (Phi) is 4.83. The maximum atomic E-state index is 12.0. The van der Waals surface area contributed by atoms with Crippen molar-refractivity contribution in [3.63, 3.8) is 0 Å². The summed E-state index contributed by atoms with van der Waals surface area (Å²) in [6.45, 7) is 1.92. The second-order valence-corrected chi connectivity index (χ2v) is 8.35. The molecule has 1 saturated heterocycles. The molecule has 1 aliphatic heterocycles. The molecule has 2 aliphatic carbocycles. The van der Waals surface area contributed by atoms with Crippen molar-refractivity contribution in [3.8, 4) is 0 Å². The second-order valence-electron chi connectivity index (χ2n) is 8.35. The molecule has 3 fully saturated rings. The van der Waals surface area contributed by atoms with Crippen LogP contribution in [0.15, 0.2) is 30.3 Å². The quantitative estimate of drug-likeness (QED) is 0.836. The summed E-state index contributed by atoms with van der Waals surface area (Å²) in [6, 6.07) is 12.7. The van der Waals surface area contributed by atoms with Crippen molar-refractivity contribution in [2.45, 2.75) is 69.5 Å². The van der Waals surface area contributed by atoms with Gasteiger partial charge in [-0.25, -0.2) is 0 Å². The molecule has 136 valence electrons. The Labute approximate surface area is 151 Å². The van der Waals surface area contributed by atoms with E-state index in [0.29, 0.717) is 12.1 Å². The number of nitrogens with one attached hydrogen (secondary N) is 1. The highest BCUT2D eigenvalue weighted by atomic mass is 16.1. The molecule has 1 aromatic rings. The number of hydrogen-bond acceptors (Lipinski definition) is 3. The fraction of sp³-hybridized carbons (Fsp3) is 0.667. The van der Waals surface area contributed by atoms with Crippen LogP contribution in [0.5, 0.6) is 0 Å². The van der Waals surface area contributed by atoms with Gasteiger partial charge in [0.25, 0.3) is 0 Å². The van der Waals surface area contributed by atoms with Gasteiger partial charge in [-0.05, 0) is 44.1 Å². The SMILES string of the molecule is NC(=O)C1(CNC2CCN(C3CC3)C(c3ccccc3)C2)CCCC1. The van der Waals surface area contributed by atoms with Crippen molar-refractivity contribution in [2.24, 2.45) is 11.1 Å². The molecular formula is C21H31N3O. The molecule has 3 aliphatic rings. The summed E-state index contributed by atoms with van der Waals surface area (Å²) in [5.41, 5.74) is 6.89. The molecule has 1 aromatic carbocycles. The van der Waals surface area contributed by atoms with Gasteiger partial charge in [-0.3, -0.25) is 9.69 Å². The van der Waals surface area contributed by atoms with E-state index in [1.54, 1.807) is 0 Å². The van der Waals surface area contributed by atoms with Crippen LogP contribution in [0.25, 0.3) is 0 Å². The minimum Gasteiger partial charge on any atom is -0.369 e. The summed E-state index contributed by atoms with van der Waals surface area (Å²) in [5.74, 6) is -0.104. The van der Waals surface area contributed by atoms with Crippen LogP contribution in [0.1, 0.15) is 63.0 Å². The molecule has 25 heavy (non-hydrogen) atoms.